The molecular weight excluding hydrogens is 704 g/mol. The van der Waals surface area contributed by atoms with Gasteiger partial charge in [0.1, 0.15) is 21.8 Å². The van der Waals surface area contributed by atoms with Crippen molar-refractivity contribution in [1.29, 1.82) is 0 Å². The molecule has 3 aromatic rings. The molecule has 250 valence electrons. The third-order valence-corrected chi connectivity index (χ3v) is 13.0. The molecule has 4 nitrogen and oxygen atoms in total. The van der Waals surface area contributed by atoms with E-state index in [1.807, 2.05) is 0 Å². The number of fused-ring (bicyclic) bond motifs is 2. The molecule has 2 aliphatic rings. The Morgan fingerprint density at radius 1 is 0.766 bits per heavy atom. The van der Waals surface area contributed by atoms with Crippen LogP contribution in [0.1, 0.15) is 16.7 Å². The number of aryl methyl sites for hydroxylation is 2. The lowest BCUT2D eigenvalue weighted by Crippen LogP contribution is -2.63. The van der Waals surface area contributed by atoms with Crippen molar-refractivity contribution in [2.24, 2.45) is 0 Å². The van der Waals surface area contributed by atoms with E-state index in [0.29, 0.717) is 22.4 Å². The molecule has 1 unspecified atom stereocenters. The van der Waals surface area contributed by atoms with Crippen molar-refractivity contribution < 1.29 is 56.3 Å². The first-order valence-corrected chi connectivity index (χ1v) is 16.7. The van der Waals surface area contributed by atoms with Gasteiger partial charge in [0.2, 0.25) is 0 Å². The fourth-order valence-corrected chi connectivity index (χ4v) is 10.3. The summed E-state index contributed by atoms with van der Waals surface area (Å²) < 4.78 is 164. The fraction of sp³-hybridized carbons (Fsp3) is 0.226. The van der Waals surface area contributed by atoms with Crippen LogP contribution in [-0.4, -0.2) is 47.5 Å². The molecule has 1 atom stereocenters. The molecule has 0 radical (unpaired) electrons. The lowest BCUT2D eigenvalue weighted by molar-refractivity contribution is -0.382. The molecule has 0 saturated carbocycles. The summed E-state index contributed by atoms with van der Waals surface area (Å²) >= 11 is 5.64. The van der Waals surface area contributed by atoms with Crippen LogP contribution in [0.4, 0.5) is 39.5 Å². The van der Waals surface area contributed by atoms with E-state index in [4.69, 9.17) is 20.6 Å². The lowest BCUT2D eigenvalue weighted by atomic mass is 9.92. The van der Waals surface area contributed by atoms with Crippen LogP contribution in [0.5, 0.6) is 5.75 Å². The van der Waals surface area contributed by atoms with Gasteiger partial charge in [-0.2, -0.15) is 47.9 Å². The Morgan fingerprint density at radius 2 is 1.28 bits per heavy atom. The summed E-state index contributed by atoms with van der Waals surface area (Å²) in [7, 11) is -11.6. The highest BCUT2D eigenvalue weighted by atomic mass is 32.3. The summed E-state index contributed by atoms with van der Waals surface area (Å²) in [6, 6.07) is 17.2. The van der Waals surface area contributed by atoms with Crippen molar-refractivity contribution in [2.75, 3.05) is 0 Å². The van der Waals surface area contributed by atoms with Crippen molar-refractivity contribution in [3.05, 3.63) is 113 Å². The zero-order valence-electron chi connectivity index (χ0n) is 24.0. The van der Waals surface area contributed by atoms with E-state index in [2.05, 4.69) is 0 Å². The molecule has 0 N–H and O–H groups in total. The molecule has 0 aromatic heterocycles. The van der Waals surface area contributed by atoms with E-state index in [1.165, 1.54) is 66.8 Å². The number of rotatable bonds is 7. The SMILES string of the molecule is Cc1ccc([S+](OS(=O)(=O)C(F)(F)C(F)(F)C(F)(F)C(F)(F)F)(=C2C=CC3Oc4ccccc4C(=S)C3=C2)c2ccc(C)cc2)cc1. The van der Waals surface area contributed by atoms with E-state index in [9.17, 15) is 39.2 Å². The fourth-order valence-electron chi connectivity index (χ4n) is 4.78. The first kappa shape index (κ1) is 34.9. The second-order valence-electron chi connectivity index (χ2n) is 10.6. The minimum Gasteiger partial charge on any atom is -0.481 e. The number of hydrogen-bond acceptors (Lipinski definition) is 5. The number of halogens is 9. The van der Waals surface area contributed by atoms with Gasteiger partial charge >= 0.3 is 33.4 Å². The summed E-state index contributed by atoms with van der Waals surface area (Å²) in [6.45, 7) is 3.24. The summed E-state index contributed by atoms with van der Waals surface area (Å²) in [5.41, 5.74) is 1.82. The quantitative estimate of drug-likeness (QED) is 0.139. The van der Waals surface area contributed by atoms with Gasteiger partial charge in [-0.15, -0.1) is 0 Å². The molecule has 5 rings (SSSR count). The molecule has 47 heavy (non-hydrogen) atoms. The third-order valence-electron chi connectivity index (χ3n) is 7.35. The van der Waals surface area contributed by atoms with Gasteiger partial charge in [-0.25, -0.2) is 0 Å². The molecule has 16 heteroatoms. The molecular formula is C31H22F9O4S3+. The van der Waals surface area contributed by atoms with Crippen LogP contribution in [0.3, 0.4) is 0 Å². The number of alkyl halides is 9. The van der Waals surface area contributed by atoms with Crippen LogP contribution in [0.25, 0.3) is 0 Å². The van der Waals surface area contributed by atoms with E-state index in [-0.39, 0.29) is 25.1 Å². The zero-order chi connectivity index (χ0) is 34.8. The van der Waals surface area contributed by atoms with Gasteiger partial charge in [0.05, 0.1) is 4.86 Å². The highest BCUT2D eigenvalue weighted by Gasteiger charge is 2.86. The molecule has 1 aliphatic heterocycles. The van der Waals surface area contributed by atoms with E-state index in [1.54, 1.807) is 38.1 Å². The lowest BCUT2D eigenvalue weighted by Gasteiger charge is -2.33. The summed E-state index contributed by atoms with van der Waals surface area (Å²) in [5.74, 6) is -14.6. The Hall–Kier alpha value is -3.47. The Balaban J connectivity index is 1.85. The first-order chi connectivity index (χ1) is 21.7. The maximum absolute atomic E-state index is 15.2. The average molecular weight is 726 g/mol. The molecule has 3 aromatic carbocycles. The summed E-state index contributed by atoms with van der Waals surface area (Å²) in [5, 5.41) is -7.09. The number of ether oxygens (including phenoxy) is 1. The molecule has 0 fully saturated rings. The maximum Gasteiger partial charge on any atom is 0.460 e. The number of allylic oxidation sites excluding steroid dienone is 2. The van der Waals surface area contributed by atoms with Crippen LogP contribution in [0, 0.1) is 13.8 Å². The largest absolute Gasteiger partial charge is 0.481 e. The van der Waals surface area contributed by atoms with E-state index >= 15 is 8.78 Å². The summed E-state index contributed by atoms with van der Waals surface area (Å²) in [6.07, 6.45) is -4.27. The van der Waals surface area contributed by atoms with Gasteiger partial charge in [0.15, 0.2) is 14.7 Å². The number of benzene rings is 3. The molecule has 1 aliphatic carbocycles. The average Bonchev–Trinajstić information content (AvgIpc) is 3.00. The smallest absolute Gasteiger partial charge is 0.460 e. The van der Waals surface area contributed by atoms with Gasteiger partial charge < -0.3 is 4.74 Å². The van der Waals surface area contributed by atoms with Crippen molar-refractivity contribution in [3.8, 4) is 5.75 Å². The van der Waals surface area contributed by atoms with Crippen molar-refractivity contribution in [2.45, 2.75) is 53.0 Å². The van der Waals surface area contributed by atoms with Crippen LogP contribution in [0.15, 0.2) is 106 Å². The van der Waals surface area contributed by atoms with Crippen LogP contribution in [-0.2, 0) is 23.6 Å². The Labute approximate surface area is 269 Å². The van der Waals surface area contributed by atoms with Crippen molar-refractivity contribution in [3.63, 3.8) is 0 Å². The second-order valence-corrected chi connectivity index (χ2v) is 15.5. The highest BCUT2D eigenvalue weighted by Crippen LogP contribution is 2.56. The minimum atomic E-state index is -7.50. The number of thiocarbonyl (C=S) groups is 1. The van der Waals surface area contributed by atoms with Crippen LogP contribution >= 0.6 is 12.2 Å². The Bertz CT molecular complexity index is 1910. The Kier molecular flexibility index (Phi) is 8.60. The van der Waals surface area contributed by atoms with E-state index in [0.717, 1.165) is 0 Å². The summed E-state index contributed by atoms with van der Waals surface area (Å²) in [4.78, 5) is -0.443. The number of para-hydroxylation sites is 1. The maximum atomic E-state index is 15.2. The van der Waals surface area contributed by atoms with Gasteiger partial charge in [-0.3, -0.25) is 0 Å². The van der Waals surface area contributed by atoms with Gasteiger partial charge in [0.25, 0.3) is 0 Å². The monoisotopic (exact) mass is 725 g/mol. The standard InChI is InChI=1S/C31H22F9O4S3/c1-18-7-11-20(12-8-18)46(21-13-9-19(2)10-14-21,44-47(41,42)31(39,40)29(34,35)28(32,33)30(36,37)38)22-15-16-26-24(17-22)27(45)23-5-3-4-6-25(23)43-26/h3-17,26H,1-2H3/q+1. The first-order valence-electron chi connectivity index (χ1n) is 13.4. The molecule has 0 spiro atoms. The third kappa shape index (κ3) is 5.52. The normalized spacial score (nSPS) is 17.5. The topological polar surface area (TPSA) is 52.6 Å². The molecule has 0 saturated heterocycles. The predicted octanol–water partition coefficient (Wildman–Crippen LogP) is 8.41. The Morgan fingerprint density at radius 3 is 1.79 bits per heavy atom. The highest BCUT2D eigenvalue weighted by molar-refractivity contribution is 8.15. The van der Waals surface area contributed by atoms with Crippen LogP contribution < -0.4 is 4.74 Å². The molecule has 1 heterocycles. The predicted molar refractivity (Wildman–Crippen MR) is 162 cm³/mol. The van der Waals surface area contributed by atoms with Gasteiger partial charge in [0, 0.05) is 17.2 Å². The van der Waals surface area contributed by atoms with Crippen molar-refractivity contribution in [1.82, 2.24) is 0 Å². The van der Waals surface area contributed by atoms with Gasteiger partial charge in [-0.1, -0.05) is 63.4 Å². The molecule has 0 amide bonds. The van der Waals surface area contributed by atoms with Gasteiger partial charge in [-0.05, 0) is 62.4 Å². The van der Waals surface area contributed by atoms with Crippen molar-refractivity contribution >= 4 is 42.0 Å². The number of hydrogen-bond donors (Lipinski definition) is 0. The second kappa shape index (κ2) is 11.6. The zero-order valence-corrected chi connectivity index (χ0v) is 26.4. The minimum absolute atomic E-state index is 0.198. The van der Waals surface area contributed by atoms with E-state index < -0.39 is 49.4 Å². The van der Waals surface area contributed by atoms with Crippen LogP contribution in [0.2, 0.25) is 0 Å². The molecule has 0 bridgehead atoms.